The predicted molar refractivity (Wildman–Crippen MR) is 96.9 cm³/mol. The largest absolute Gasteiger partial charge is 0.402 e. The van der Waals surface area contributed by atoms with Crippen molar-refractivity contribution in [1.29, 1.82) is 5.26 Å². The molecular formula is C21H18N2O2. The maximum Gasteiger partial charge on any atom is 0.363 e. The van der Waals surface area contributed by atoms with Gasteiger partial charge in [-0.3, -0.25) is 0 Å². The minimum atomic E-state index is -0.473. The van der Waals surface area contributed by atoms with Crippen LogP contribution >= 0.6 is 0 Å². The first-order chi connectivity index (χ1) is 11.9. The molecule has 0 fully saturated rings. The number of ether oxygens (including phenoxy) is 1. The molecule has 0 spiro atoms. The van der Waals surface area contributed by atoms with Gasteiger partial charge in [0.25, 0.3) is 0 Å². The van der Waals surface area contributed by atoms with Gasteiger partial charge in [0.15, 0.2) is 5.70 Å². The third kappa shape index (κ3) is 3.67. The van der Waals surface area contributed by atoms with E-state index in [1.165, 1.54) is 5.56 Å². The van der Waals surface area contributed by atoms with Crippen molar-refractivity contribution in [3.63, 3.8) is 0 Å². The molecule has 1 aliphatic rings. The Labute approximate surface area is 147 Å². The van der Waals surface area contributed by atoms with E-state index in [1.807, 2.05) is 24.3 Å². The van der Waals surface area contributed by atoms with Crippen LogP contribution in [0, 0.1) is 11.3 Å². The fraction of sp³-hybridized carbons (Fsp3) is 0.190. The van der Waals surface area contributed by atoms with Gasteiger partial charge in [-0.25, -0.2) is 9.79 Å². The molecule has 0 N–H and O–H groups in total. The number of aliphatic imine (C=N–C) groups is 1. The maximum absolute atomic E-state index is 12.1. The van der Waals surface area contributed by atoms with Gasteiger partial charge in [-0.15, -0.1) is 0 Å². The first-order valence-corrected chi connectivity index (χ1v) is 8.00. The van der Waals surface area contributed by atoms with E-state index in [4.69, 9.17) is 10.00 Å². The van der Waals surface area contributed by atoms with Crippen LogP contribution < -0.4 is 0 Å². The van der Waals surface area contributed by atoms with Gasteiger partial charge in [0.2, 0.25) is 5.90 Å². The maximum atomic E-state index is 12.1. The van der Waals surface area contributed by atoms with Gasteiger partial charge in [0, 0.05) is 5.56 Å². The van der Waals surface area contributed by atoms with E-state index >= 15 is 0 Å². The van der Waals surface area contributed by atoms with Gasteiger partial charge in [0.05, 0.1) is 11.6 Å². The molecule has 4 nitrogen and oxygen atoms in total. The second-order valence-corrected chi connectivity index (χ2v) is 6.90. The topological polar surface area (TPSA) is 62.5 Å². The van der Waals surface area contributed by atoms with Gasteiger partial charge in [-0.2, -0.15) is 5.26 Å². The minimum Gasteiger partial charge on any atom is -0.402 e. The monoisotopic (exact) mass is 330 g/mol. The number of benzene rings is 2. The Morgan fingerprint density at radius 2 is 1.68 bits per heavy atom. The van der Waals surface area contributed by atoms with Crippen LogP contribution in [-0.2, 0) is 14.9 Å². The molecular weight excluding hydrogens is 312 g/mol. The Hall–Kier alpha value is -3.19. The zero-order chi connectivity index (χ0) is 18.0. The van der Waals surface area contributed by atoms with Crippen LogP contribution in [0.5, 0.6) is 0 Å². The molecule has 4 heteroatoms. The van der Waals surface area contributed by atoms with Crippen molar-refractivity contribution in [2.75, 3.05) is 0 Å². The highest BCUT2D eigenvalue weighted by Gasteiger charge is 2.24. The molecule has 0 saturated heterocycles. The molecule has 124 valence electrons. The van der Waals surface area contributed by atoms with E-state index in [1.54, 1.807) is 30.3 Å². The summed E-state index contributed by atoms with van der Waals surface area (Å²) in [7, 11) is 0. The van der Waals surface area contributed by atoms with Crippen LogP contribution in [0.15, 0.2) is 59.2 Å². The summed E-state index contributed by atoms with van der Waals surface area (Å²) in [6.45, 7) is 6.44. The lowest BCUT2D eigenvalue weighted by molar-refractivity contribution is -0.129. The highest BCUT2D eigenvalue weighted by molar-refractivity contribution is 6.12. The summed E-state index contributed by atoms with van der Waals surface area (Å²) in [5, 5.41) is 8.82. The van der Waals surface area contributed by atoms with Crippen LogP contribution in [0.1, 0.15) is 43.0 Å². The lowest BCUT2D eigenvalue weighted by Gasteiger charge is -2.18. The van der Waals surface area contributed by atoms with Crippen molar-refractivity contribution in [1.82, 2.24) is 0 Å². The number of carbonyl (C=O) groups excluding carboxylic acids is 1. The first kappa shape index (κ1) is 16.7. The van der Waals surface area contributed by atoms with Gasteiger partial charge in [-0.1, -0.05) is 45.0 Å². The molecule has 0 aromatic heterocycles. The lowest BCUT2D eigenvalue weighted by Crippen LogP contribution is -2.11. The van der Waals surface area contributed by atoms with Gasteiger partial charge in [-0.05, 0) is 46.9 Å². The highest BCUT2D eigenvalue weighted by atomic mass is 16.6. The van der Waals surface area contributed by atoms with E-state index in [-0.39, 0.29) is 11.1 Å². The number of nitrogens with zero attached hydrogens (tertiary/aromatic N) is 2. The summed E-state index contributed by atoms with van der Waals surface area (Å²) >= 11 is 0. The van der Waals surface area contributed by atoms with Crippen molar-refractivity contribution in [2.45, 2.75) is 26.2 Å². The number of carbonyl (C=O) groups is 1. The Balaban J connectivity index is 1.87. The average molecular weight is 330 g/mol. The number of nitriles is 1. The molecule has 0 saturated carbocycles. The second kappa shape index (κ2) is 6.37. The van der Waals surface area contributed by atoms with Crippen molar-refractivity contribution >= 4 is 17.9 Å². The Morgan fingerprint density at radius 3 is 2.24 bits per heavy atom. The molecule has 0 radical (unpaired) electrons. The van der Waals surface area contributed by atoms with E-state index in [0.717, 1.165) is 11.1 Å². The Kier molecular flexibility index (Phi) is 4.24. The normalized spacial score (nSPS) is 15.7. The number of cyclic esters (lactones) is 1. The molecule has 25 heavy (non-hydrogen) atoms. The second-order valence-electron chi connectivity index (χ2n) is 6.90. The standard InChI is InChI=1S/C21H18N2O2/c1-21(2,3)17-10-8-16(9-11-17)19-23-18(20(24)25-19)12-14-4-6-15(13-22)7-5-14/h4-12H,1-3H3. The zero-order valence-corrected chi connectivity index (χ0v) is 14.4. The van der Waals surface area contributed by atoms with Crippen LogP contribution in [0.4, 0.5) is 0 Å². The van der Waals surface area contributed by atoms with Crippen molar-refractivity contribution in [3.8, 4) is 6.07 Å². The summed E-state index contributed by atoms with van der Waals surface area (Å²) in [5.74, 6) is -0.162. The van der Waals surface area contributed by atoms with Crippen LogP contribution in [0.25, 0.3) is 6.08 Å². The number of esters is 1. The average Bonchev–Trinajstić information content (AvgIpc) is 2.96. The summed E-state index contributed by atoms with van der Waals surface area (Å²) in [4.78, 5) is 16.4. The Morgan fingerprint density at radius 1 is 1.04 bits per heavy atom. The summed E-state index contributed by atoms with van der Waals surface area (Å²) in [6.07, 6.45) is 1.65. The third-order valence-electron chi connectivity index (χ3n) is 3.96. The quantitative estimate of drug-likeness (QED) is 0.612. The van der Waals surface area contributed by atoms with Gasteiger partial charge >= 0.3 is 5.97 Å². The van der Waals surface area contributed by atoms with Crippen LogP contribution in [-0.4, -0.2) is 11.9 Å². The summed E-state index contributed by atoms with van der Waals surface area (Å²) in [6, 6.07) is 16.9. The van der Waals surface area contributed by atoms with E-state index in [2.05, 4.69) is 31.8 Å². The number of rotatable bonds is 2. The van der Waals surface area contributed by atoms with Crippen LogP contribution in [0.2, 0.25) is 0 Å². The minimum absolute atomic E-state index is 0.0628. The highest BCUT2D eigenvalue weighted by Crippen LogP contribution is 2.24. The molecule has 3 rings (SSSR count). The lowest BCUT2D eigenvalue weighted by atomic mass is 9.87. The van der Waals surface area contributed by atoms with Crippen LogP contribution in [0.3, 0.4) is 0 Å². The molecule has 0 bridgehead atoms. The summed E-state index contributed by atoms with van der Waals surface area (Å²) < 4.78 is 5.29. The molecule has 2 aromatic rings. The van der Waals surface area contributed by atoms with Gasteiger partial charge < -0.3 is 4.74 Å². The predicted octanol–water partition coefficient (Wildman–Crippen LogP) is 4.20. The molecule has 0 aliphatic carbocycles. The van der Waals surface area contributed by atoms with Crippen molar-refractivity contribution < 1.29 is 9.53 Å². The first-order valence-electron chi connectivity index (χ1n) is 8.00. The summed E-state index contributed by atoms with van der Waals surface area (Å²) in [5.41, 5.74) is 3.64. The smallest absolute Gasteiger partial charge is 0.363 e. The molecule has 2 aromatic carbocycles. The zero-order valence-electron chi connectivity index (χ0n) is 14.4. The SMILES string of the molecule is CC(C)(C)c1ccc(C2=NC(=Cc3ccc(C#N)cc3)C(=O)O2)cc1. The molecule has 0 atom stereocenters. The van der Waals surface area contributed by atoms with E-state index in [9.17, 15) is 4.79 Å². The van der Waals surface area contributed by atoms with E-state index < -0.39 is 5.97 Å². The fourth-order valence-electron chi connectivity index (χ4n) is 2.46. The molecule has 1 heterocycles. The molecule has 0 unspecified atom stereocenters. The fourth-order valence-corrected chi connectivity index (χ4v) is 2.46. The van der Waals surface area contributed by atoms with Gasteiger partial charge in [0.1, 0.15) is 0 Å². The Bertz CT molecular complexity index is 906. The third-order valence-corrected chi connectivity index (χ3v) is 3.96. The van der Waals surface area contributed by atoms with Crippen molar-refractivity contribution in [2.24, 2.45) is 4.99 Å². The van der Waals surface area contributed by atoms with E-state index in [0.29, 0.717) is 11.5 Å². The molecule has 1 aliphatic heterocycles. The van der Waals surface area contributed by atoms with Crippen molar-refractivity contribution in [3.05, 3.63) is 76.5 Å². The number of hydrogen-bond donors (Lipinski definition) is 0. The number of hydrogen-bond acceptors (Lipinski definition) is 4. The molecule has 0 amide bonds.